The fraction of sp³-hybridized carbons (Fsp3) is 0.316. The molecule has 0 fully saturated rings. The highest BCUT2D eigenvalue weighted by molar-refractivity contribution is 5.93. The second-order valence-corrected chi connectivity index (χ2v) is 5.70. The van der Waals surface area contributed by atoms with Crippen LogP contribution in [-0.2, 0) is 11.2 Å². The molecule has 0 aliphatic rings. The van der Waals surface area contributed by atoms with Crippen LogP contribution in [0.4, 0.5) is 10.1 Å². The molecule has 2 aromatic carbocycles. The number of amides is 1. The van der Waals surface area contributed by atoms with Crippen LogP contribution >= 0.6 is 0 Å². The van der Waals surface area contributed by atoms with Crippen molar-refractivity contribution in [3.8, 4) is 0 Å². The molecule has 0 saturated carbocycles. The van der Waals surface area contributed by atoms with Crippen molar-refractivity contribution in [2.75, 3.05) is 18.9 Å². The lowest BCUT2D eigenvalue weighted by Gasteiger charge is -2.24. The SMILES string of the molecule is CCc1ccccc1NC(=O)CN(C)C(C)c1ccc(F)cc1. The van der Waals surface area contributed by atoms with Crippen LogP contribution in [0.25, 0.3) is 0 Å². The van der Waals surface area contributed by atoms with E-state index in [0.29, 0.717) is 0 Å². The van der Waals surface area contributed by atoms with E-state index in [1.165, 1.54) is 12.1 Å². The van der Waals surface area contributed by atoms with Gasteiger partial charge in [-0.25, -0.2) is 4.39 Å². The van der Waals surface area contributed by atoms with Crippen LogP contribution in [0.2, 0.25) is 0 Å². The lowest BCUT2D eigenvalue weighted by Crippen LogP contribution is -2.32. The number of benzene rings is 2. The van der Waals surface area contributed by atoms with Gasteiger partial charge in [0.1, 0.15) is 5.82 Å². The molecule has 2 aromatic rings. The smallest absolute Gasteiger partial charge is 0.238 e. The summed E-state index contributed by atoms with van der Waals surface area (Å²) in [6, 6.07) is 14.2. The fourth-order valence-corrected chi connectivity index (χ4v) is 2.50. The first kappa shape index (κ1) is 17.2. The molecule has 1 unspecified atom stereocenters. The molecule has 0 radical (unpaired) electrons. The normalized spacial score (nSPS) is 12.2. The Morgan fingerprint density at radius 2 is 1.83 bits per heavy atom. The summed E-state index contributed by atoms with van der Waals surface area (Å²) in [7, 11) is 1.89. The Hall–Kier alpha value is -2.20. The number of aryl methyl sites for hydroxylation is 1. The van der Waals surface area contributed by atoms with Crippen LogP contribution in [0.1, 0.15) is 31.0 Å². The zero-order valence-corrected chi connectivity index (χ0v) is 13.8. The first-order chi connectivity index (χ1) is 11.0. The van der Waals surface area contributed by atoms with E-state index in [-0.39, 0.29) is 24.3 Å². The maximum absolute atomic E-state index is 13.0. The third kappa shape index (κ3) is 4.63. The lowest BCUT2D eigenvalue weighted by atomic mass is 10.1. The topological polar surface area (TPSA) is 32.3 Å². The molecular formula is C19H23FN2O. The molecule has 0 heterocycles. The van der Waals surface area contributed by atoms with E-state index in [2.05, 4.69) is 12.2 Å². The summed E-state index contributed by atoms with van der Waals surface area (Å²) in [5.74, 6) is -0.306. The first-order valence-electron chi connectivity index (χ1n) is 7.84. The van der Waals surface area contributed by atoms with Crippen molar-refractivity contribution in [3.63, 3.8) is 0 Å². The molecule has 0 aliphatic heterocycles. The maximum atomic E-state index is 13.0. The minimum Gasteiger partial charge on any atom is -0.325 e. The van der Waals surface area contributed by atoms with Crippen molar-refractivity contribution in [1.82, 2.24) is 4.90 Å². The van der Waals surface area contributed by atoms with Crippen molar-refractivity contribution < 1.29 is 9.18 Å². The van der Waals surface area contributed by atoms with Crippen LogP contribution < -0.4 is 5.32 Å². The van der Waals surface area contributed by atoms with Crippen molar-refractivity contribution in [2.45, 2.75) is 26.3 Å². The summed E-state index contributed by atoms with van der Waals surface area (Å²) in [4.78, 5) is 14.2. The summed E-state index contributed by atoms with van der Waals surface area (Å²) < 4.78 is 13.0. The monoisotopic (exact) mass is 314 g/mol. The molecule has 2 rings (SSSR count). The number of para-hydroxylation sites is 1. The van der Waals surface area contributed by atoms with Gasteiger partial charge >= 0.3 is 0 Å². The zero-order valence-electron chi connectivity index (χ0n) is 13.8. The Bertz CT molecular complexity index is 655. The Balaban J connectivity index is 1.97. The van der Waals surface area contributed by atoms with Crippen molar-refractivity contribution in [3.05, 3.63) is 65.5 Å². The largest absolute Gasteiger partial charge is 0.325 e. The van der Waals surface area contributed by atoms with Crippen LogP contribution in [-0.4, -0.2) is 24.4 Å². The molecule has 0 bridgehead atoms. The number of nitrogens with zero attached hydrogens (tertiary/aromatic N) is 1. The first-order valence-corrected chi connectivity index (χ1v) is 7.84. The Kier molecular flexibility index (Phi) is 5.88. The molecule has 1 amide bonds. The highest BCUT2D eigenvalue weighted by Gasteiger charge is 2.15. The molecule has 0 aromatic heterocycles. The van der Waals surface area contributed by atoms with E-state index in [1.807, 2.05) is 43.1 Å². The zero-order chi connectivity index (χ0) is 16.8. The maximum Gasteiger partial charge on any atom is 0.238 e. The number of nitrogens with one attached hydrogen (secondary N) is 1. The van der Waals surface area contributed by atoms with E-state index in [0.717, 1.165) is 23.2 Å². The summed E-state index contributed by atoms with van der Waals surface area (Å²) in [6.45, 7) is 4.34. The molecule has 4 heteroatoms. The van der Waals surface area contributed by atoms with E-state index >= 15 is 0 Å². The minimum atomic E-state index is -0.252. The van der Waals surface area contributed by atoms with Gasteiger partial charge in [0.2, 0.25) is 5.91 Å². The summed E-state index contributed by atoms with van der Waals surface area (Å²) in [6.07, 6.45) is 0.873. The lowest BCUT2D eigenvalue weighted by molar-refractivity contribution is -0.117. The summed E-state index contributed by atoms with van der Waals surface area (Å²) in [5.41, 5.74) is 2.97. The van der Waals surface area contributed by atoms with Crippen LogP contribution in [0.15, 0.2) is 48.5 Å². The van der Waals surface area contributed by atoms with Gasteiger partial charge in [-0.15, -0.1) is 0 Å². The second-order valence-electron chi connectivity index (χ2n) is 5.70. The van der Waals surface area contributed by atoms with Gasteiger partial charge in [-0.2, -0.15) is 0 Å². The van der Waals surface area contributed by atoms with Crippen molar-refractivity contribution in [2.24, 2.45) is 0 Å². The standard InChI is InChI=1S/C19H23FN2O/c1-4-15-7-5-6-8-18(15)21-19(23)13-22(3)14(2)16-9-11-17(20)12-10-16/h5-12,14H,4,13H2,1-3H3,(H,21,23). The second kappa shape index (κ2) is 7.88. The molecule has 0 saturated heterocycles. The Labute approximate surface area is 137 Å². The molecule has 23 heavy (non-hydrogen) atoms. The highest BCUT2D eigenvalue weighted by atomic mass is 19.1. The molecule has 3 nitrogen and oxygen atoms in total. The van der Waals surface area contributed by atoms with E-state index in [1.54, 1.807) is 12.1 Å². The Morgan fingerprint density at radius 1 is 1.17 bits per heavy atom. The molecule has 0 spiro atoms. The van der Waals surface area contributed by atoms with E-state index < -0.39 is 0 Å². The third-order valence-corrected chi connectivity index (χ3v) is 4.08. The predicted octanol–water partition coefficient (Wildman–Crippen LogP) is 4.02. The van der Waals surface area contributed by atoms with Gasteiger partial charge in [-0.05, 0) is 49.7 Å². The van der Waals surface area contributed by atoms with Gasteiger partial charge in [-0.1, -0.05) is 37.3 Å². The average Bonchev–Trinajstić information content (AvgIpc) is 2.55. The van der Waals surface area contributed by atoms with Gasteiger partial charge in [0.15, 0.2) is 0 Å². The number of hydrogen-bond acceptors (Lipinski definition) is 2. The Morgan fingerprint density at radius 3 is 2.48 bits per heavy atom. The average molecular weight is 314 g/mol. The van der Waals surface area contributed by atoms with Crippen LogP contribution in [0.5, 0.6) is 0 Å². The highest BCUT2D eigenvalue weighted by Crippen LogP contribution is 2.19. The third-order valence-electron chi connectivity index (χ3n) is 4.08. The summed E-state index contributed by atoms with van der Waals surface area (Å²) >= 11 is 0. The number of hydrogen-bond donors (Lipinski definition) is 1. The van der Waals surface area contributed by atoms with Crippen molar-refractivity contribution in [1.29, 1.82) is 0 Å². The number of anilines is 1. The van der Waals surface area contributed by atoms with E-state index in [4.69, 9.17) is 0 Å². The van der Waals surface area contributed by atoms with Gasteiger partial charge in [0.25, 0.3) is 0 Å². The number of carbonyl (C=O) groups excluding carboxylic acids is 1. The molecule has 1 N–H and O–H groups in total. The fourth-order valence-electron chi connectivity index (χ4n) is 2.50. The van der Waals surface area contributed by atoms with Crippen LogP contribution in [0.3, 0.4) is 0 Å². The van der Waals surface area contributed by atoms with Gasteiger partial charge in [0.05, 0.1) is 6.54 Å². The van der Waals surface area contributed by atoms with E-state index in [9.17, 15) is 9.18 Å². The van der Waals surface area contributed by atoms with Crippen LogP contribution in [0, 0.1) is 5.82 Å². The number of rotatable bonds is 6. The molecular weight excluding hydrogens is 291 g/mol. The summed E-state index contributed by atoms with van der Waals surface area (Å²) in [5, 5.41) is 2.97. The van der Waals surface area contributed by atoms with Gasteiger partial charge in [-0.3, -0.25) is 9.69 Å². The molecule has 0 aliphatic carbocycles. The number of carbonyl (C=O) groups is 1. The van der Waals surface area contributed by atoms with Crippen molar-refractivity contribution >= 4 is 11.6 Å². The number of likely N-dealkylation sites (N-methyl/N-ethyl adjacent to an activating group) is 1. The van der Waals surface area contributed by atoms with Gasteiger partial charge < -0.3 is 5.32 Å². The molecule has 1 atom stereocenters. The number of halogens is 1. The predicted molar refractivity (Wildman–Crippen MR) is 91.9 cm³/mol. The molecule has 122 valence electrons. The quantitative estimate of drug-likeness (QED) is 0.873. The van der Waals surface area contributed by atoms with Gasteiger partial charge in [0, 0.05) is 11.7 Å². The minimum absolute atomic E-state index is 0.0303.